The smallest absolute Gasteiger partial charge is 0.188 e. The molecule has 0 unspecified atom stereocenters. The molecule has 0 amide bonds. The Morgan fingerprint density at radius 3 is 2.63 bits per heavy atom. The molecule has 0 aliphatic carbocycles. The molecule has 27 heavy (non-hydrogen) atoms. The summed E-state index contributed by atoms with van der Waals surface area (Å²) in [6, 6.07) is 19.9. The number of carbonyl (C=O) groups excluding carboxylic acids is 2. The van der Waals surface area contributed by atoms with Gasteiger partial charge in [-0.25, -0.2) is 0 Å². The van der Waals surface area contributed by atoms with Crippen LogP contribution < -0.4 is 0 Å². The van der Waals surface area contributed by atoms with Crippen LogP contribution in [0.5, 0.6) is 0 Å². The quantitative estimate of drug-likeness (QED) is 0.727. The van der Waals surface area contributed by atoms with Crippen molar-refractivity contribution in [1.82, 2.24) is 4.90 Å². The number of aliphatic hydroxyl groups is 1. The fourth-order valence-electron chi connectivity index (χ4n) is 3.81. The molecule has 0 saturated carbocycles. The third-order valence-electron chi connectivity index (χ3n) is 5.13. The first-order valence-corrected chi connectivity index (χ1v) is 9.10. The first kappa shape index (κ1) is 17.6. The summed E-state index contributed by atoms with van der Waals surface area (Å²) in [6.07, 6.45) is 0.384. The average Bonchev–Trinajstić information content (AvgIpc) is 2.84. The van der Waals surface area contributed by atoms with Crippen molar-refractivity contribution in [2.45, 2.75) is 19.5 Å². The first-order valence-electron chi connectivity index (χ1n) is 9.10. The van der Waals surface area contributed by atoms with Gasteiger partial charge in [0.05, 0.1) is 6.54 Å². The van der Waals surface area contributed by atoms with Gasteiger partial charge in [0.25, 0.3) is 0 Å². The van der Waals surface area contributed by atoms with Crippen LogP contribution >= 0.6 is 0 Å². The Kier molecular flexibility index (Phi) is 4.84. The Morgan fingerprint density at radius 2 is 1.78 bits per heavy atom. The van der Waals surface area contributed by atoms with Crippen molar-refractivity contribution in [3.63, 3.8) is 0 Å². The van der Waals surface area contributed by atoms with Gasteiger partial charge in [-0.15, -0.1) is 0 Å². The lowest BCUT2D eigenvalue weighted by Crippen LogP contribution is -2.27. The van der Waals surface area contributed by atoms with E-state index in [9.17, 15) is 9.59 Å². The van der Waals surface area contributed by atoms with E-state index >= 15 is 0 Å². The Labute approximate surface area is 158 Å². The zero-order valence-corrected chi connectivity index (χ0v) is 15.0. The minimum Gasteiger partial charge on any atom is -0.388 e. The molecule has 3 aromatic carbocycles. The summed E-state index contributed by atoms with van der Waals surface area (Å²) in [5, 5.41) is 11.5. The van der Waals surface area contributed by atoms with Crippen molar-refractivity contribution in [2.24, 2.45) is 0 Å². The van der Waals surface area contributed by atoms with E-state index in [-0.39, 0.29) is 11.6 Å². The topological polar surface area (TPSA) is 57.6 Å². The summed E-state index contributed by atoms with van der Waals surface area (Å²) >= 11 is 0. The SMILES string of the molecule is O=C1Cc2ccc(C(=O)CO)cc2CN(Cc2cccc3ccccc23)C1. The third-order valence-corrected chi connectivity index (χ3v) is 5.13. The lowest BCUT2D eigenvalue weighted by molar-refractivity contribution is -0.119. The van der Waals surface area contributed by atoms with Crippen LogP contribution in [-0.2, 0) is 24.3 Å². The molecule has 4 rings (SSSR count). The van der Waals surface area contributed by atoms with E-state index in [1.54, 1.807) is 6.07 Å². The molecule has 0 radical (unpaired) electrons. The number of ketones is 2. The lowest BCUT2D eigenvalue weighted by atomic mass is 9.99. The predicted molar refractivity (Wildman–Crippen MR) is 105 cm³/mol. The molecule has 0 spiro atoms. The van der Waals surface area contributed by atoms with Gasteiger partial charge in [0.15, 0.2) is 11.6 Å². The van der Waals surface area contributed by atoms with E-state index in [1.807, 2.05) is 30.3 Å². The minimum atomic E-state index is -0.503. The Morgan fingerprint density at radius 1 is 0.963 bits per heavy atom. The van der Waals surface area contributed by atoms with E-state index in [4.69, 9.17) is 5.11 Å². The molecule has 1 aliphatic rings. The normalized spacial score (nSPS) is 14.8. The van der Waals surface area contributed by atoms with Crippen LogP contribution in [0.25, 0.3) is 10.8 Å². The highest BCUT2D eigenvalue weighted by Crippen LogP contribution is 2.24. The summed E-state index contributed by atoms with van der Waals surface area (Å²) in [7, 11) is 0. The number of fused-ring (bicyclic) bond motifs is 2. The number of benzene rings is 3. The maximum atomic E-state index is 12.4. The second-order valence-corrected chi connectivity index (χ2v) is 7.06. The molecule has 1 aliphatic heterocycles. The Hall–Kier alpha value is -2.82. The van der Waals surface area contributed by atoms with Crippen LogP contribution in [-0.4, -0.2) is 34.7 Å². The molecule has 3 aromatic rings. The highest BCUT2D eigenvalue weighted by Gasteiger charge is 2.21. The maximum Gasteiger partial charge on any atom is 0.188 e. The summed E-state index contributed by atoms with van der Waals surface area (Å²) in [5.41, 5.74) is 3.64. The minimum absolute atomic E-state index is 0.176. The van der Waals surface area contributed by atoms with Gasteiger partial charge in [0, 0.05) is 25.1 Å². The number of hydrogen-bond acceptors (Lipinski definition) is 4. The van der Waals surface area contributed by atoms with Gasteiger partial charge in [-0.3, -0.25) is 14.5 Å². The molecule has 0 bridgehead atoms. The molecule has 0 atom stereocenters. The maximum absolute atomic E-state index is 12.4. The number of carbonyl (C=O) groups is 2. The van der Waals surface area contributed by atoms with E-state index < -0.39 is 6.61 Å². The van der Waals surface area contributed by atoms with E-state index in [0.29, 0.717) is 31.6 Å². The molecule has 1 N–H and O–H groups in total. The van der Waals surface area contributed by atoms with Crippen LogP contribution in [0.3, 0.4) is 0 Å². The van der Waals surface area contributed by atoms with Crippen molar-refractivity contribution in [2.75, 3.05) is 13.2 Å². The van der Waals surface area contributed by atoms with Gasteiger partial charge >= 0.3 is 0 Å². The Bertz CT molecular complexity index is 1020. The highest BCUT2D eigenvalue weighted by molar-refractivity contribution is 5.97. The predicted octanol–water partition coefficient (Wildman–Crippen LogP) is 3.14. The largest absolute Gasteiger partial charge is 0.388 e. The van der Waals surface area contributed by atoms with Gasteiger partial charge < -0.3 is 5.11 Å². The van der Waals surface area contributed by atoms with Crippen molar-refractivity contribution in [3.8, 4) is 0 Å². The molecule has 4 heteroatoms. The van der Waals surface area contributed by atoms with Crippen LogP contribution in [0.4, 0.5) is 0 Å². The monoisotopic (exact) mass is 359 g/mol. The molecule has 0 fully saturated rings. The summed E-state index contributed by atoms with van der Waals surface area (Å²) in [4.78, 5) is 26.4. The molecule has 1 heterocycles. The third kappa shape index (κ3) is 3.68. The molecule has 0 saturated heterocycles. The van der Waals surface area contributed by atoms with Crippen LogP contribution in [0.1, 0.15) is 27.0 Å². The molecular weight excluding hydrogens is 338 g/mol. The first-order chi connectivity index (χ1) is 13.1. The van der Waals surface area contributed by atoms with Gasteiger partial charge in [0.2, 0.25) is 0 Å². The molecule has 0 aromatic heterocycles. The number of rotatable bonds is 4. The highest BCUT2D eigenvalue weighted by atomic mass is 16.3. The fourth-order valence-corrected chi connectivity index (χ4v) is 3.81. The van der Waals surface area contributed by atoms with Gasteiger partial charge in [0.1, 0.15) is 6.61 Å². The van der Waals surface area contributed by atoms with Crippen molar-refractivity contribution >= 4 is 22.3 Å². The summed E-state index contributed by atoms with van der Waals surface area (Å²) < 4.78 is 0. The average molecular weight is 359 g/mol. The van der Waals surface area contributed by atoms with E-state index in [0.717, 1.165) is 11.1 Å². The van der Waals surface area contributed by atoms with Crippen molar-refractivity contribution in [1.29, 1.82) is 0 Å². The van der Waals surface area contributed by atoms with Gasteiger partial charge in [-0.05, 0) is 33.5 Å². The van der Waals surface area contributed by atoms with Gasteiger partial charge in [-0.1, -0.05) is 54.6 Å². The summed E-state index contributed by atoms with van der Waals surface area (Å²) in [5.74, 6) is -0.121. The van der Waals surface area contributed by atoms with E-state index in [1.165, 1.54) is 16.3 Å². The zero-order chi connectivity index (χ0) is 18.8. The van der Waals surface area contributed by atoms with Crippen LogP contribution in [0.15, 0.2) is 60.7 Å². The Balaban J connectivity index is 1.66. The van der Waals surface area contributed by atoms with Crippen LogP contribution in [0, 0.1) is 0 Å². The fraction of sp³-hybridized carbons (Fsp3) is 0.217. The van der Waals surface area contributed by atoms with Gasteiger partial charge in [-0.2, -0.15) is 0 Å². The number of Topliss-reactive ketones (excluding diaryl/α,β-unsaturated/α-hetero) is 2. The molecule has 136 valence electrons. The number of aliphatic hydroxyl groups excluding tert-OH is 1. The standard InChI is InChI=1S/C23H21NO3/c25-15-23(27)18-9-8-17-11-21(26)14-24(13-20(17)10-18)12-19-6-3-5-16-4-1-2-7-22(16)19/h1-10,25H,11-15H2. The molecular formula is C23H21NO3. The second kappa shape index (κ2) is 7.43. The summed E-state index contributed by atoms with van der Waals surface area (Å²) in [6.45, 7) is 1.17. The number of nitrogens with zero attached hydrogens (tertiary/aromatic N) is 1. The number of hydrogen-bond donors (Lipinski definition) is 1. The van der Waals surface area contributed by atoms with Crippen molar-refractivity contribution < 1.29 is 14.7 Å². The second-order valence-electron chi connectivity index (χ2n) is 7.06. The van der Waals surface area contributed by atoms with E-state index in [2.05, 4.69) is 29.2 Å². The molecule has 4 nitrogen and oxygen atoms in total. The van der Waals surface area contributed by atoms with Crippen molar-refractivity contribution in [3.05, 3.63) is 82.9 Å². The lowest BCUT2D eigenvalue weighted by Gasteiger charge is -2.21. The zero-order valence-electron chi connectivity index (χ0n) is 15.0. The van der Waals surface area contributed by atoms with Crippen LogP contribution in [0.2, 0.25) is 0 Å².